The molecule has 7 heteroatoms. The second kappa shape index (κ2) is 5.63. The summed E-state index contributed by atoms with van der Waals surface area (Å²) in [5.41, 5.74) is -0.466. The summed E-state index contributed by atoms with van der Waals surface area (Å²) in [4.78, 5) is 15.5. The first-order chi connectivity index (χ1) is 9.00. The monoisotopic (exact) mass is 346 g/mol. The smallest absolute Gasteiger partial charge is 0.260 e. The van der Waals surface area contributed by atoms with Gasteiger partial charge >= 0.3 is 0 Å². The predicted molar refractivity (Wildman–Crippen MR) is 71.3 cm³/mol. The van der Waals surface area contributed by atoms with Gasteiger partial charge in [-0.15, -0.1) is 0 Å². The number of hydrogen-bond acceptors (Lipinski definition) is 2. The lowest BCUT2D eigenvalue weighted by Gasteiger charge is -2.09. The lowest BCUT2D eigenvalue weighted by Crippen LogP contribution is -2.16. The molecule has 2 aromatic rings. The molecule has 0 saturated carbocycles. The van der Waals surface area contributed by atoms with E-state index in [-0.39, 0.29) is 20.7 Å². The van der Waals surface area contributed by atoms with Gasteiger partial charge in [-0.1, -0.05) is 17.7 Å². The van der Waals surface area contributed by atoms with Gasteiger partial charge in [-0.2, -0.15) is 0 Å². The van der Waals surface area contributed by atoms with Gasteiger partial charge in [0, 0.05) is 6.20 Å². The average molecular weight is 348 g/mol. The minimum absolute atomic E-state index is 0.0527. The highest BCUT2D eigenvalue weighted by molar-refractivity contribution is 9.10. The Morgan fingerprint density at radius 3 is 2.63 bits per heavy atom. The van der Waals surface area contributed by atoms with Crippen molar-refractivity contribution in [3.05, 3.63) is 57.3 Å². The molecule has 0 unspecified atom stereocenters. The van der Waals surface area contributed by atoms with Gasteiger partial charge in [0.15, 0.2) is 5.82 Å². The molecule has 1 aromatic carbocycles. The highest BCUT2D eigenvalue weighted by Crippen LogP contribution is 2.26. The predicted octanol–water partition coefficient (Wildman–Crippen LogP) is 4.03. The second-order valence-electron chi connectivity index (χ2n) is 3.53. The molecule has 1 aromatic heterocycles. The Morgan fingerprint density at radius 2 is 2.00 bits per heavy atom. The molecular formula is C12H6BrClF2N2O. The van der Waals surface area contributed by atoms with E-state index in [9.17, 15) is 13.6 Å². The first-order valence-electron chi connectivity index (χ1n) is 5.05. The highest BCUT2D eigenvalue weighted by Gasteiger charge is 2.18. The van der Waals surface area contributed by atoms with Crippen LogP contribution in [0.3, 0.4) is 0 Å². The molecule has 0 atom stereocenters. The fraction of sp³-hybridized carbons (Fsp3) is 0. The third-order valence-corrected chi connectivity index (χ3v) is 3.20. The van der Waals surface area contributed by atoms with Crippen molar-refractivity contribution in [2.24, 2.45) is 0 Å². The molecule has 0 spiro atoms. The number of aromatic nitrogens is 1. The summed E-state index contributed by atoms with van der Waals surface area (Å²) >= 11 is 8.79. The molecule has 0 aliphatic carbocycles. The van der Waals surface area contributed by atoms with E-state index in [1.54, 1.807) is 0 Å². The van der Waals surface area contributed by atoms with Crippen molar-refractivity contribution >= 4 is 39.1 Å². The van der Waals surface area contributed by atoms with Gasteiger partial charge in [-0.05, 0) is 28.1 Å². The number of amides is 1. The minimum atomic E-state index is -0.839. The molecule has 1 amide bonds. The second-order valence-corrected chi connectivity index (χ2v) is 4.79. The summed E-state index contributed by atoms with van der Waals surface area (Å²) in [6.07, 6.45) is 2.24. The molecule has 0 radical (unpaired) electrons. The van der Waals surface area contributed by atoms with E-state index in [1.807, 2.05) is 0 Å². The van der Waals surface area contributed by atoms with Crippen LogP contribution in [-0.4, -0.2) is 10.9 Å². The topological polar surface area (TPSA) is 42.0 Å². The lowest BCUT2D eigenvalue weighted by atomic mass is 10.2. The normalized spacial score (nSPS) is 10.3. The van der Waals surface area contributed by atoms with Gasteiger partial charge in [0.25, 0.3) is 5.91 Å². The quantitative estimate of drug-likeness (QED) is 0.891. The van der Waals surface area contributed by atoms with Crippen molar-refractivity contribution < 1.29 is 13.6 Å². The first-order valence-corrected chi connectivity index (χ1v) is 6.22. The molecule has 19 heavy (non-hydrogen) atoms. The van der Waals surface area contributed by atoms with Crippen molar-refractivity contribution in [2.45, 2.75) is 0 Å². The SMILES string of the molecule is O=C(Nc1c(F)cncc1Br)c1c(F)cccc1Cl. The number of carbonyl (C=O) groups excluding carboxylic acids is 1. The zero-order valence-electron chi connectivity index (χ0n) is 9.25. The maximum Gasteiger partial charge on any atom is 0.260 e. The van der Waals surface area contributed by atoms with Crippen molar-refractivity contribution in [3.63, 3.8) is 0 Å². The van der Waals surface area contributed by atoms with E-state index in [0.29, 0.717) is 0 Å². The van der Waals surface area contributed by atoms with Crippen molar-refractivity contribution in [1.29, 1.82) is 0 Å². The van der Waals surface area contributed by atoms with Gasteiger partial charge < -0.3 is 5.32 Å². The fourth-order valence-electron chi connectivity index (χ4n) is 1.42. The largest absolute Gasteiger partial charge is 0.318 e. The lowest BCUT2D eigenvalue weighted by molar-refractivity contribution is 0.102. The van der Waals surface area contributed by atoms with Crippen LogP contribution in [0.15, 0.2) is 35.1 Å². The molecule has 3 nitrogen and oxygen atoms in total. The number of nitrogens with zero attached hydrogens (tertiary/aromatic N) is 1. The fourth-order valence-corrected chi connectivity index (χ4v) is 2.08. The first kappa shape index (κ1) is 13.9. The Morgan fingerprint density at radius 1 is 1.26 bits per heavy atom. The number of rotatable bonds is 2. The molecule has 0 saturated heterocycles. The van der Waals surface area contributed by atoms with Crippen LogP contribution in [0.2, 0.25) is 5.02 Å². The highest BCUT2D eigenvalue weighted by atomic mass is 79.9. The Balaban J connectivity index is 2.37. The van der Waals surface area contributed by atoms with Crippen LogP contribution < -0.4 is 5.32 Å². The number of anilines is 1. The third kappa shape index (κ3) is 2.90. The zero-order chi connectivity index (χ0) is 14.0. The van der Waals surface area contributed by atoms with Crippen LogP contribution in [-0.2, 0) is 0 Å². The number of carbonyl (C=O) groups is 1. The number of nitrogens with one attached hydrogen (secondary N) is 1. The molecule has 0 fully saturated rings. The number of halogens is 4. The third-order valence-electron chi connectivity index (χ3n) is 2.28. The summed E-state index contributed by atoms with van der Waals surface area (Å²) in [7, 11) is 0. The summed E-state index contributed by atoms with van der Waals surface area (Å²) in [5, 5.41) is 2.20. The molecule has 98 valence electrons. The standard InChI is InChI=1S/C12H6BrClF2N2O/c13-6-4-17-5-9(16)11(6)18-12(19)10-7(14)2-1-3-8(10)15/h1-5H,(H,17,18,19). The zero-order valence-corrected chi connectivity index (χ0v) is 11.6. The Labute approximate surface area is 120 Å². The van der Waals surface area contributed by atoms with Crippen molar-refractivity contribution in [1.82, 2.24) is 4.98 Å². The van der Waals surface area contributed by atoms with Crippen LogP contribution in [0.1, 0.15) is 10.4 Å². The van der Waals surface area contributed by atoms with E-state index >= 15 is 0 Å². The average Bonchev–Trinajstić information content (AvgIpc) is 2.34. The van der Waals surface area contributed by atoms with Gasteiger partial charge in [-0.3, -0.25) is 9.78 Å². The number of hydrogen-bond donors (Lipinski definition) is 1. The molecule has 0 bridgehead atoms. The number of benzene rings is 1. The van der Waals surface area contributed by atoms with Crippen LogP contribution >= 0.6 is 27.5 Å². The van der Waals surface area contributed by atoms with Gasteiger partial charge in [0.05, 0.1) is 26.9 Å². The van der Waals surface area contributed by atoms with E-state index in [4.69, 9.17) is 11.6 Å². The summed E-state index contributed by atoms with van der Waals surface area (Å²) in [6, 6.07) is 3.84. The Bertz CT molecular complexity index is 611. The summed E-state index contributed by atoms with van der Waals surface area (Å²) in [6.45, 7) is 0. The molecule has 2 rings (SSSR count). The van der Waals surface area contributed by atoms with Crippen LogP contribution in [0.25, 0.3) is 0 Å². The maximum atomic E-state index is 13.5. The van der Waals surface area contributed by atoms with Gasteiger partial charge in [-0.25, -0.2) is 8.78 Å². The Kier molecular flexibility index (Phi) is 4.11. The van der Waals surface area contributed by atoms with Crippen LogP contribution in [0, 0.1) is 11.6 Å². The molecule has 0 aliphatic heterocycles. The van der Waals surface area contributed by atoms with E-state index in [2.05, 4.69) is 26.2 Å². The molecular weight excluding hydrogens is 341 g/mol. The summed E-state index contributed by atoms with van der Waals surface area (Å²) in [5.74, 6) is -2.36. The van der Waals surface area contributed by atoms with Crippen molar-refractivity contribution in [2.75, 3.05) is 5.32 Å². The van der Waals surface area contributed by atoms with E-state index in [1.165, 1.54) is 18.3 Å². The number of pyridine rings is 1. The van der Waals surface area contributed by atoms with E-state index < -0.39 is 17.5 Å². The maximum absolute atomic E-state index is 13.5. The Hall–Kier alpha value is -1.53. The van der Waals surface area contributed by atoms with Gasteiger partial charge in [0.1, 0.15) is 5.82 Å². The van der Waals surface area contributed by atoms with Crippen LogP contribution in [0.5, 0.6) is 0 Å². The van der Waals surface area contributed by atoms with Crippen molar-refractivity contribution in [3.8, 4) is 0 Å². The minimum Gasteiger partial charge on any atom is -0.318 e. The van der Waals surface area contributed by atoms with E-state index in [0.717, 1.165) is 12.3 Å². The molecule has 1 heterocycles. The molecule has 0 aliphatic rings. The molecule has 1 N–H and O–H groups in total. The summed E-state index contributed by atoms with van der Waals surface area (Å²) < 4.78 is 27.3. The van der Waals surface area contributed by atoms with Gasteiger partial charge in [0.2, 0.25) is 0 Å². The van der Waals surface area contributed by atoms with Crippen LogP contribution in [0.4, 0.5) is 14.5 Å².